The first-order valence-corrected chi connectivity index (χ1v) is 11.3. The molecule has 166 valence electrons. The molecular weight excluding hydrogens is 388 g/mol. The summed E-state index contributed by atoms with van der Waals surface area (Å²) in [6.07, 6.45) is 3.77. The number of likely N-dealkylation sites (tertiary alicyclic amines) is 2. The smallest absolute Gasteiger partial charge is 0.165 e. The second kappa shape index (κ2) is 9.41. The van der Waals surface area contributed by atoms with Crippen molar-refractivity contribution in [3.63, 3.8) is 0 Å². The van der Waals surface area contributed by atoms with Crippen LogP contribution in [-0.2, 0) is 13.1 Å². The lowest BCUT2D eigenvalue weighted by Crippen LogP contribution is -2.44. The quantitative estimate of drug-likeness (QED) is 0.619. The highest BCUT2D eigenvalue weighted by molar-refractivity contribution is 5.94. The number of carbonyl (C=O) groups is 1. The molecule has 5 heteroatoms. The lowest BCUT2D eigenvalue weighted by atomic mass is 9.79. The van der Waals surface area contributed by atoms with Gasteiger partial charge in [-0.1, -0.05) is 30.3 Å². The topological polar surface area (TPSA) is 42.0 Å². The molecule has 2 aliphatic heterocycles. The lowest BCUT2D eigenvalue weighted by molar-refractivity contribution is 0.0859. The van der Waals surface area contributed by atoms with Crippen molar-refractivity contribution in [1.82, 2.24) is 9.80 Å². The fourth-order valence-electron chi connectivity index (χ4n) is 5.41. The average Bonchev–Trinajstić information content (AvgIpc) is 3.14. The maximum absolute atomic E-state index is 11.7. The van der Waals surface area contributed by atoms with E-state index in [1.54, 1.807) is 21.1 Å². The van der Waals surface area contributed by atoms with Gasteiger partial charge in [0.05, 0.1) is 14.2 Å². The number of para-hydroxylation sites is 1. The molecule has 2 fully saturated rings. The summed E-state index contributed by atoms with van der Waals surface area (Å²) in [5.74, 6) is 1.78. The van der Waals surface area contributed by atoms with Gasteiger partial charge in [0.15, 0.2) is 17.3 Å². The molecule has 2 aromatic rings. The predicted octanol–water partition coefficient (Wildman–Crippen LogP) is 4.39. The highest BCUT2D eigenvalue weighted by Gasteiger charge is 2.41. The Morgan fingerprint density at radius 3 is 2.48 bits per heavy atom. The normalized spacial score (nSPS) is 22.0. The summed E-state index contributed by atoms with van der Waals surface area (Å²) in [5.41, 5.74) is 3.60. The second-order valence-corrected chi connectivity index (χ2v) is 9.18. The average molecular weight is 423 g/mol. The Kier molecular flexibility index (Phi) is 6.63. The Morgan fingerprint density at radius 2 is 1.74 bits per heavy atom. The number of carbonyl (C=O) groups excluding carboxylic acids is 1. The maximum atomic E-state index is 11.7. The molecule has 2 aliphatic rings. The molecule has 1 unspecified atom stereocenters. The Hall–Kier alpha value is -2.37. The molecule has 0 amide bonds. The van der Waals surface area contributed by atoms with Crippen molar-refractivity contribution in [1.29, 1.82) is 0 Å². The second-order valence-electron chi connectivity index (χ2n) is 9.18. The van der Waals surface area contributed by atoms with Crippen molar-refractivity contribution < 1.29 is 14.3 Å². The van der Waals surface area contributed by atoms with Crippen LogP contribution in [0.15, 0.2) is 42.5 Å². The summed E-state index contributed by atoms with van der Waals surface area (Å²) in [6.45, 7) is 7.96. The third-order valence-electron chi connectivity index (χ3n) is 6.88. The van der Waals surface area contributed by atoms with E-state index in [1.165, 1.54) is 30.4 Å². The highest BCUT2D eigenvalue weighted by atomic mass is 16.5. The molecule has 5 nitrogen and oxygen atoms in total. The van der Waals surface area contributed by atoms with E-state index in [1.807, 2.05) is 24.3 Å². The first-order chi connectivity index (χ1) is 15.0. The van der Waals surface area contributed by atoms with Gasteiger partial charge in [-0.25, -0.2) is 0 Å². The largest absolute Gasteiger partial charge is 0.493 e. The van der Waals surface area contributed by atoms with E-state index in [4.69, 9.17) is 9.47 Å². The van der Waals surface area contributed by atoms with Crippen molar-refractivity contribution in [2.75, 3.05) is 40.4 Å². The predicted molar refractivity (Wildman–Crippen MR) is 123 cm³/mol. The van der Waals surface area contributed by atoms with Gasteiger partial charge in [-0.05, 0) is 62.4 Å². The summed E-state index contributed by atoms with van der Waals surface area (Å²) >= 11 is 0. The number of ether oxygens (including phenoxy) is 2. The Labute approximate surface area is 185 Å². The zero-order valence-electron chi connectivity index (χ0n) is 19.0. The van der Waals surface area contributed by atoms with Crippen molar-refractivity contribution in [3.05, 3.63) is 59.2 Å². The molecule has 2 heterocycles. The number of ketones is 1. The Morgan fingerprint density at radius 1 is 0.968 bits per heavy atom. The van der Waals surface area contributed by atoms with Crippen LogP contribution in [0, 0.1) is 5.41 Å². The summed E-state index contributed by atoms with van der Waals surface area (Å²) in [6, 6.07) is 14.2. The van der Waals surface area contributed by atoms with Crippen molar-refractivity contribution in [2.45, 2.75) is 39.3 Å². The zero-order chi connectivity index (χ0) is 21.8. The van der Waals surface area contributed by atoms with Crippen LogP contribution in [0.4, 0.5) is 0 Å². The molecule has 2 aromatic carbocycles. The van der Waals surface area contributed by atoms with Gasteiger partial charge in [0.25, 0.3) is 0 Å². The lowest BCUT2D eigenvalue weighted by Gasteiger charge is -2.40. The molecule has 0 aliphatic carbocycles. The minimum Gasteiger partial charge on any atom is -0.493 e. The number of hydrogen-bond acceptors (Lipinski definition) is 5. The van der Waals surface area contributed by atoms with Crippen molar-refractivity contribution in [2.24, 2.45) is 5.41 Å². The van der Waals surface area contributed by atoms with Gasteiger partial charge in [-0.2, -0.15) is 0 Å². The first-order valence-electron chi connectivity index (χ1n) is 11.3. The van der Waals surface area contributed by atoms with Gasteiger partial charge >= 0.3 is 0 Å². The number of rotatable bonds is 7. The van der Waals surface area contributed by atoms with Gasteiger partial charge in [-0.3, -0.25) is 14.6 Å². The van der Waals surface area contributed by atoms with E-state index in [0.29, 0.717) is 5.41 Å². The monoisotopic (exact) mass is 422 g/mol. The van der Waals surface area contributed by atoms with Gasteiger partial charge in [0.1, 0.15) is 0 Å². The van der Waals surface area contributed by atoms with Gasteiger partial charge in [-0.15, -0.1) is 0 Å². The van der Waals surface area contributed by atoms with Crippen LogP contribution in [0.1, 0.15) is 47.7 Å². The summed E-state index contributed by atoms with van der Waals surface area (Å²) in [4.78, 5) is 16.9. The molecule has 0 bridgehead atoms. The molecule has 0 radical (unpaired) electrons. The van der Waals surface area contributed by atoms with E-state index < -0.39 is 0 Å². The van der Waals surface area contributed by atoms with Gasteiger partial charge in [0.2, 0.25) is 0 Å². The van der Waals surface area contributed by atoms with Crippen LogP contribution in [-0.4, -0.2) is 56.0 Å². The Balaban J connectivity index is 1.41. The van der Waals surface area contributed by atoms with E-state index in [9.17, 15) is 4.79 Å². The van der Waals surface area contributed by atoms with Gasteiger partial charge < -0.3 is 9.47 Å². The molecule has 1 spiro atoms. The molecule has 4 rings (SSSR count). The minimum absolute atomic E-state index is 0.135. The number of hydrogen-bond donors (Lipinski definition) is 0. The fourth-order valence-corrected chi connectivity index (χ4v) is 5.41. The van der Waals surface area contributed by atoms with E-state index in [-0.39, 0.29) is 5.78 Å². The molecule has 31 heavy (non-hydrogen) atoms. The van der Waals surface area contributed by atoms with Crippen LogP contribution in [0.3, 0.4) is 0 Å². The number of methoxy groups -OCH3 is 2. The Bertz CT molecular complexity index is 929. The van der Waals surface area contributed by atoms with Crippen LogP contribution < -0.4 is 9.47 Å². The van der Waals surface area contributed by atoms with Crippen molar-refractivity contribution in [3.8, 4) is 11.5 Å². The number of piperidine rings is 1. The minimum atomic E-state index is 0.135. The summed E-state index contributed by atoms with van der Waals surface area (Å²) < 4.78 is 11.1. The molecular formula is C26H34N2O3. The molecule has 1 atom stereocenters. The molecule has 2 saturated heterocycles. The number of nitrogens with zero attached hydrogens (tertiary/aromatic N) is 2. The van der Waals surface area contributed by atoms with Gasteiger partial charge in [0, 0.05) is 37.3 Å². The molecule has 0 saturated carbocycles. The third-order valence-corrected chi connectivity index (χ3v) is 6.88. The third kappa shape index (κ3) is 4.94. The van der Waals surface area contributed by atoms with Crippen LogP contribution in [0.5, 0.6) is 11.5 Å². The van der Waals surface area contributed by atoms with Crippen LogP contribution >= 0.6 is 0 Å². The first kappa shape index (κ1) is 21.8. The van der Waals surface area contributed by atoms with Crippen LogP contribution in [0.25, 0.3) is 0 Å². The summed E-state index contributed by atoms with van der Waals surface area (Å²) in [7, 11) is 3.41. The van der Waals surface area contributed by atoms with Crippen LogP contribution in [0.2, 0.25) is 0 Å². The summed E-state index contributed by atoms with van der Waals surface area (Å²) in [5, 5.41) is 0. The van der Waals surface area contributed by atoms with Crippen molar-refractivity contribution >= 4 is 5.78 Å². The number of benzene rings is 2. The fraction of sp³-hybridized carbons (Fsp3) is 0.500. The van der Waals surface area contributed by atoms with E-state index in [2.05, 4.69) is 28.0 Å². The molecule has 0 N–H and O–H groups in total. The standard InChI is InChI=1S/C26H34N2O3/c1-20(29)22-8-4-7-21(15-22)16-28-14-12-26(19-28)11-6-13-27(18-26)17-23-9-5-10-24(30-2)25(23)31-3/h4-5,7-10,15H,6,11-14,16-19H2,1-3H3. The highest BCUT2D eigenvalue weighted by Crippen LogP contribution is 2.41. The zero-order valence-corrected chi connectivity index (χ0v) is 19.0. The SMILES string of the molecule is COc1cccc(CN2CCCC3(CCN(Cc4cccc(C(C)=O)c4)C3)C2)c1OC. The molecule has 0 aromatic heterocycles. The number of Topliss-reactive ketones (excluding diaryl/α,β-unsaturated/α-hetero) is 1. The van der Waals surface area contributed by atoms with E-state index >= 15 is 0 Å². The van der Waals surface area contributed by atoms with E-state index in [0.717, 1.165) is 56.3 Å². The maximum Gasteiger partial charge on any atom is 0.165 e.